The van der Waals surface area contributed by atoms with Crippen LogP contribution in [0.4, 0.5) is 11.6 Å². The van der Waals surface area contributed by atoms with Gasteiger partial charge in [-0.3, -0.25) is 9.59 Å². The van der Waals surface area contributed by atoms with Crippen LogP contribution >= 0.6 is 0 Å². The fourth-order valence-electron chi connectivity index (χ4n) is 5.63. The Kier molecular flexibility index (Phi) is 7.66. The van der Waals surface area contributed by atoms with Crippen molar-refractivity contribution >= 4 is 34.1 Å². The van der Waals surface area contributed by atoms with Crippen molar-refractivity contribution in [2.24, 2.45) is 13.0 Å². The monoisotopic (exact) mass is 558 g/mol. The minimum Gasteiger partial charge on any atom is -0.495 e. The topological polar surface area (TPSA) is 111 Å². The van der Waals surface area contributed by atoms with Gasteiger partial charge in [-0.15, -0.1) is 0 Å². The Labute approximate surface area is 239 Å². The zero-order valence-electron chi connectivity index (χ0n) is 24.0. The molecule has 3 heterocycles. The summed E-state index contributed by atoms with van der Waals surface area (Å²) in [5.74, 6) is 1.66. The molecular weight excluding hydrogens is 520 g/mol. The third kappa shape index (κ3) is 5.79. The molecule has 1 amide bonds. The summed E-state index contributed by atoms with van der Waals surface area (Å²) in [7, 11) is 5.41. The lowest BCUT2D eigenvalue weighted by molar-refractivity contribution is 0.0916. The third-order valence-electron chi connectivity index (χ3n) is 8.38. The largest absolute Gasteiger partial charge is 0.495 e. The minimum absolute atomic E-state index is 0.111. The van der Waals surface area contributed by atoms with Crippen LogP contribution in [-0.2, 0) is 7.05 Å². The van der Waals surface area contributed by atoms with Gasteiger partial charge in [0.25, 0.3) is 11.5 Å². The molecule has 1 aromatic carbocycles. The van der Waals surface area contributed by atoms with E-state index in [0.29, 0.717) is 52.3 Å². The number of pyridine rings is 1. The van der Waals surface area contributed by atoms with Gasteiger partial charge in [0.2, 0.25) is 5.95 Å². The number of amides is 1. The second kappa shape index (κ2) is 11.5. The number of hydrogen-bond acceptors (Lipinski definition) is 8. The predicted molar refractivity (Wildman–Crippen MR) is 159 cm³/mol. The Bertz CT molecular complexity index is 1550. The molecule has 2 aromatic heterocycles. The van der Waals surface area contributed by atoms with E-state index in [4.69, 9.17) is 14.5 Å². The van der Waals surface area contributed by atoms with Crippen LogP contribution in [0, 0.1) is 5.92 Å². The van der Waals surface area contributed by atoms with Crippen molar-refractivity contribution in [2.45, 2.75) is 51.0 Å². The molecule has 1 saturated carbocycles. The van der Waals surface area contributed by atoms with Gasteiger partial charge in [0.05, 0.1) is 36.7 Å². The normalized spacial score (nSPS) is 17.9. The maximum atomic E-state index is 13.4. The predicted octanol–water partition coefficient (Wildman–Crippen LogP) is 4.26. The van der Waals surface area contributed by atoms with Crippen LogP contribution in [0.3, 0.4) is 0 Å². The molecule has 41 heavy (non-hydrogen) atoms. The van der Waals surface area contributed by atoms with Crippen molar-refractivity contribution in [1.82, 2.24) is 24.8 Å². The molecule has 3 aliphatic rings. The first kappa shape index (κ1) is 27.3. The molecule has 1 aliphatic heterocycles. The van der Waals surface area contributed by atoms with E-state index in [2.05, 4.69) is 33.6 Å². The SMILES string of the molecule is COc1cc(C(=O)NC2CCN(C)CC2)ccc1Nc1ncc2c(n1)c(C1=CCCC1)c(OCC1CC1)c(=O)n2C. The molecule has 2 N–H and O–H groups in total. The number of aromatic nitrogens is 3. The molecule has 6 rings (SSSR count). The number of benzene rings is 1. The molecule has 2 fully saturated rings. The van der Waals surface area contributed by atoms with Gasteiger partial charge in [0.1, 0.15) is 11.3 Å². The molecule has 0 spiro atoms. The van der Waals surface area contributed by atoms with Crippen molar-refractivity contribution in [2.75, 3.05) is 39.2 Å². The second-order valence-corrected chi connectivity index (χ2v) is 11.5. The molecule has 1 saturated heterocycles. The summed E-state index contributed by atoms with van der Waals surface area (Å²) in [5, 5.41) is 6.42. The highest BCUT2D eigenvalue weighted by molar-refractivity contribution is 5.96. The molecule has 3 aromatic rings. The van der Waals surface area contributed by atoms with Gasteiger partial charge in [-0.05, 0) is 94.8 Å². The molecule has 10 heteroatoms. The highest BCUT2D eigenvalue weighted by Crippen LogP contribution is 2.38. The second-order valence-electron chi connectivity index (χ2n) is 11.5. The zero-order valence-corrected chi connectivity index (χ0v) is 24.0. The number of fused-ring (bicyclic) bond motifs is 1. The minimum atomic E-state index is -0.166. The summed E-state index contributed by atoms with van der Waals surface area (Å²) in [6.07, 6.45) is 10.9. The number of nitrogens with one attached hydrogen (secondary N) is 2. The van der Waals surface area contributed by atoms with Crippen LogP contribution < -0.4 is 25.7 Å². The number of methoxy groups -OCH3 is 1. The summed E-state index contributed by atoms with van der Waals surface area (Å²) >= 11 is 0. The van der Waals surface area contributed by atoms with Gasteiger partial charge in [-0.2, -0.15) is 0 Å². The van der Waals surface area contributed by atoms with E-state index in [-0.39, 0.29) is 17.5 Å². The number of nitrogens with zero attached hydrogens (tertiary/aromatic N) is 4. The van der Waals surface area contributed by atoms with Gasteiger partial charge in [0, 0.05) is 18.7 Å². The van der Waals surface area contributed by atoms with Crippen molar-refractivity contribution in [3.8, 4) is 11.5 Å². The molecule has 216 valence electrons. The molecular formula is C31H38N6O4. The molecule has 0 bridgehead atoms. The summed E-state index contributed by atoms with van der Waals surface area (Å²) in [5.41, 5.74) is 4.21. The Hall–Kier alpha value is -3.92. The van der Waals surface area contributed by atoms with Crippen LogP contribution in [-0.4, -0.2) is 65.2 Å². The van der Waals surface area contributed by atoms with Crippen molar-refractivity contribution in [1.29, 1.82) is 0 Å². The van der Waals surface area contributed by atoms with Gasteiger partial charge in [-0.25, -0.2) is 9.97 Å². The smallest absolute Gasteiger partial charge is 0.293 e. The maximum absolute atomic E-state index is 13.4. The third-order valence-corrected chi connectivity index (χ3v) is 8.38. The number of likely N-dealkylation sites (tertiary alicyclic amines) is 1. The van der Waals surface area contributed by atoms with Crippen LogP contribution in [0.15, 0.2) is 35.3 Å². The zero-order chi connectivity index (χ0) is 28.5. The summed E-state index contributed by atoms with van der Waals surface area (Å²) in [4.78, 5) is 38.0. The Balaban J connectivity index is 1.30. The Morgan fingerprint density at radius 2 is 1.95 bits per heavy atom. The van der Waals surface area contributed by atoms with E-state index < -0.39 is 0 Å². The number of anilines is 2. The van der Waals surface area contributed by atoms with Crippen molar-refractivity contribution in [3.05, 3.63) is 52.0 Å². The van der Waals surface area contributed by atoms with Crippen LogP contribution in [0.5, 0.6) is 11.5 Å². The molecule has 0 radical (unpaired) electrons. The number of aryl methyl sites for hydroxylation is 1. The number of carbonyl (C=O) groups excluding carboxylic acids is 1. The fourth-order valence-corrected chi connectivity index (χ4v) is 5.63. The van der Waals surface area contributed by atoms with Crippen LogP contribution in [0.25, 0.3) is 16.6 Å². The molecule has 10 nitrogen and oxygen atoms in total. The van der Waals surface area contributed by atoms with Crippen LogP contribution in [0.1, 0.15) is 60.9 Å². The number of rotatable bonds is 9. The highest BCUT2D eigenvalue weighted by Gasteiger charge is 2.27. The van der Waals surface area contributed by atoms with Gasteiger partial charge >= 0.3 is 0 Å². The number of hydrogen-bond donors (Lipinski definition) is 2. The van der Waals surface area contributed by atoms with E-state index in [1.807, 2.05) is 0 Å². The number of ether oxygens (including phenoxy) is 2. The summed E-state index contributed by atoms with van der Waals surface area (Å²) < 4.78 is 13.4. The lowest BCUT2D eigenvalue weighted by Gasteiger charge is -2.29. The van der Waals surface area contributed by atoms with Crippen LogP contribution in [0.2, 0.25) is 0 Å². The molecule has 0 atom stereocenters. The van der Waals surface area contributed by atoms with E-state index in [0.717, 1.165) is 69.2 Å². The maximum Gasteiger partial charge on any atom is 0.293 e. The first-order valence-electron chi connectivity index (χ1n) is 14.6. The average Bonchev–Trinajstić information content (AvgIpc) is 3.66. The first-order chi connectivity index (χ1) is 19.9. The molecule has 0 unspecified atom stereocenters. The fraction of sp³-hybridized carbons (Fsp3) is 0.484. The van der Waals surface area contributed by atoms with Crippen molar-refractivity contribution in [3.63, 3.8) is 0 Å². The van der Waals surface area contributed by atoms with Gasteiger partial charge in [-0.1, -0.05) is 6.08 Å². The Morgan fingerprint density at radius 1 is 1.15 bits per heavy atom. The standard InChI is InChI=1S/C31H38N6O4/c1-36-14-12-22(13-15-36)33-29(38)21-10-11-23(25(16-21)40-3)34-31-32-17-24-27(35-31)26(20-6-4-5-7-20)28(30(39)37(24)2)41-18-19-8-9-19/h6,10-11,16-17,19,22H,4-5,7-9,12-15,18H2,1-3H3,(H,33,38)(H,32,34,35). The quantitative estimate of drug-likeness (QED) is 0.401. The van der Waals surface area contributed by atoms with Gasteiger partial charge in [0.15, 0.2) is 5.75 Å². The number of piperidine rings is 1. The van der Waals surface area contributed by atoms with E-state index in [1.54, 1.807) is 43.1 Å². The number of allylic oxidation sites excluding steroid dienone is 2. The Morgan fingerprint density at radius 3 is 2.66 bits per heavy atom. The van der Waals surface area contributed by atoms with Crippen molar-refractivity contribution < 1.29 is 14.3 Å². The lowest BCUT2D eigenvalue weighted by Crippen LogP contribution is -2.43. The summed E-state index contributed by atoms with van der Waals surface area (Å²) in [6, 6.07) is 5.49. The van der Waals surface area contributed by atoms with E-state index in [9.17, 15) is 9.59 Å². The lowest BCUT2D eigenvalue weighted by atomic mass is 10.0. The highest BCUT2D eigenvalue weighted by atomic mass is 16.5. The first-order valence-corrected chi connectivity index (χ1v) is 14.6. The molecule has 2 aliphatic carbocycles. The number of carbonyl (C=O) groups is 1. The van der Waals surface area contributed by atoms with E-state index >= 15 is 0 Å². The average molecular weight is 559 g/mol. The van der Waals surface area contributed by atoms with Gasteiger partial charge < -0.3 is 29.6 Å². The van der Waals surface area contributed by atoms with E-state index in [1.165, 1.54) is 0 Å². The summed E-state index contributed by atoms with van der Waals surface area (Å²) in [6.45, 7) is 2.50.